The minimum atomic E-state index is -0.443. The van der Waals surface area contributed by atoms with Crippen molar-refractivity contribution in [1.29, 1.82) is 0 Å². The van der Waals surface area contributed by atoms with Crippen LogP contribution in [0.3, 0.4) is 0 Å². The van der Waals surface area contributed by atoms with Gasteiger partial charge in [-0.05, 0) is 45.2 Å². The van der Waals surface area contributed by atoms with E-state index in [1.165, 1.54) is 10.9 Å². The molecule has 1 amide bonds. The summed E-state index contributed by atoms with van der Waals surface area (Å²) in [6.45, 7) is 8.00. The van der Waals surface area contributed by atoms with Gasteiger partial charge in [-0.1, -0.05) is 18.2 Å². The van der Waals surface area contributed by atoms with Gasteiger partial charge in [0.2, 0.25) is 0 Å². The van der Waals surface area contributed by atoms with Crippen LogP contribution in [-0.2, 0) is 11.3 Å². The molecule has 1 unspecified atom stereocenters. The fraction of sp³-hybridized carbons (Fsp3) is 0.526. The van der Waals surface area contributed by atoms with Gasteiger partial charge in [0.15, 0.2) is 0 Å². The predicted octanol–water partition coefficient (Wildman–Crippen LogP) is 3.66. The van der Waals surface area contributed by atoms with Gasteiger partial charge in [0.1, 0.15) is 5.60 Å². The lowest BCUT2D eigenvalue weighted by Gasteiger charge is -2.34. The first-order valence-corrected chi connectivity index (χ1v) is 8.69. The van der Waals surface area contributed by atoms with E-state index in [2.05, 4.69) is 34.7 Å². The van der Waals surface area contributed by atoms with Crippen LogP contribution in [0.15, 0.2) is 30.5 Å². The number of ether oxygens (including phenoxy) is 1. The van der Waals surface area contributed by atoms with Gasteiger partial charge in [-0.3, -0.25) is 0 Å². The molecule has 5 heteroatoms. The Balaban J connectivity index is 1.57. The molecule has 1 saturated heterocycles. The zero-order valence-corrected chi connectivity index (χ0v) is 14.8. The van der Waals surface area contributed by atoms with E-state index >= 15 is 0 Å². The molecule has 2 N–H and O–H groups in total. The number of piperidine rings is 1. The third-order valence-corrected chi connectivity index (χ3v) is 4.33. The van der Waals surface area contributed by atoms with Crippen LogP contribution in [0.25, 0.3) is 10.9 Å². The first-order chi connectivity index (χ1) is 11.4. The summed E-state index contributed by atoms with van der Waals surface area (Å²) in [5.41, 5.74) is 1.98. The van der Waals surface area contributed by atoms with E-state index in [1.807, 2.05) is 31.7 Å². The summed E-state index contributed by atoms with van der Waals surface area (Å²) < 4.78 is 5.49. The van der Waals surface area contributed by atoms with Gasteiger partial charge in [-0.15, -0.1) is 0 Å². The van der Waals surface area contributed by atoms with Crippen LogP contribution >= 0.6 is 0 Å². The molecule has 24 heavy (non-hydrogen) atoms. The normalized spacial score (nSPS) is 18.8. The molecular formula is C19H27N3O2. The molecule has 1 aliphatic heterocycles. The number of aromatic nitrogens is 1. The second kappa shape index (κ2) is 6.85. The summed E-state index contributed by atoms with van der Waals surface area (Å²) in [5.74, 6) is 0. The fourth-order valence-corrected chi connectivity index (χ4v) is 3.17. The zero-order valence-electron chi connectivity index (χ0n) is 14.8. The maximum Gasteiger partial charge on any atom is 0.410 e. The highest BCUT2D eigenvalue weighted by atomic mass is 16.6. The monoisotopic (exact) mass is 329 g/mol. The number of hydrogen-bond acceptors (Lipinski definition) is 3. The molecule has 0 saturated carbocycles. The van der Waals surface area contributed by atoms with Crippen molar-refractivity contribution in [2.75, 3.05) is 13.1 Å². The van der Waals surface area contributed by atoms with E-state index in [4.69, 9.17) is 4.74 Å². The van der Waals surface area contributed by atoms with Crippen LogP contribution in [0, 0.1) is 0 Å². The Labute approximate surface area is 143 Å². The molecule has 0 spiro atoms. The van der Waals surface area contributed by atoms with Crippen LogP contribution in [0.4, 0.5) is 4.79 Å². The summed E-state index contributed by atoms with van der Waals surface area (Å²) in [7, 11) is 0. The first kappa shape index (κ1) is 16.8. The molecule has 1 aromatic heterocycles. The number of nitrogens with zero attached hydrogens (tertiary/aromatic N) is 1. The van der Waals surface area contributed by atoms with Gasteiger partial charge in [-0.2, -0.15) is 0 Å². The SMILES string of the molecule is CC(C)(C)OC(=O)N1CCCC(NCc2c[nH]c3ccccc23)C1. The number of hydrogen-bond donors (Lipinski definition) is 2. The highest BCUT2D eigenvalue weighted by Crippen LogP contribution is 2.19. The quantitative estimate of drug-likeness (QED) is 0.903. The number of carbonyl (C=O) groups excluding carboxylic acids is 1. The average molecular weight is 329 g/mol. The van der Waals surface area contributed by atoms with Gasteiger partial charge < -0.3 is 19.9 Å². The van der Waals surface area contributed by atoms with Crippen molar-refractivity contribution in [3.8, 4) is 0 Å². The average Bonchev–Trinajstić information content (AvgIpc) is 2.95. The molecule has 130 valence electrons. The van der Waals surface area contributed by atoms with Crippen molar-refractivity contribution in [3.63, 3.8) is 0 Å². The van der Waals surface area contributed by atoms with E-state index in [0.717, 1.165) is 31.4 Å². The standard InChI is InChI=1S/C19H27N3O2/c1-19(2,3)24-18(23)22-10-6-7-15(13-22)20-11-14-12-21-17-9-5-4-8-16(14)17/h4-5,8-9,12,15,20-21H,6-7,10-11,13H2,1-3H3. The van der Waals surface area contributed by atoms with Gasteiger partial charge in [0, 0.05) is 42.8 Å². The number of nitrogens with one attached hydrogen (secondary N) is 2. The highest BCUT2D eigenvalue weighted by Gasteiger charge is 2.27. The number of amides is 1. The van der Waals surface area contributed by atoms with E-state index in [9.17, 15) is 4.79 Å². The topological polar surface area (TPSA) is 57.4 Å². The minimum Gasteiger partial charge on any atom is -0.444 e. The van der Waals surface area contributed by atoms with Crippen molar-refractivity contribution < 1.29 is 9.53 Å². The summed E-state index contributed by atoms with van der Waals surface area (Å²) in [5, 5.41) is 4.85. The van der Waals surface area contributed by atoms with Crippen LogP contribution < -0.4 is 5.32 Å². The summed E-state index contributed by atoms with van der Waals surface area (Å²) in [6, 6.07) is 8.63. The van der Waals surface area contributed by atoms with Gasteiger partial charge in [0.05, 0.1) is 0 Å². The third kappa shape index (κ3) is 4.09. The molecule has 1 atom stereocenters. The number of para-hydroxylation sites is 1. The molecule has 5 nitrogen and oxygen atoms in total. The van der Waals surface area contributed by atoms with Crippen molar-refractivity contribution in [3.05, 3.63) is 36.0 Å². The Morgan fingerprint density at radius 1 is 1.38 bits per heavy atom. The lowest BCUT2D eigenvalue weighted by atomic mass is 10.1. The van der Waals surface area contributed by atoms with Gasteiger partial charge in [-0.25, -0.2) is 4.79 Å². The Bertz CT molecular complexity index is 702. The van der Waals surface area contributed by atoms with Gasteiger partial charge >= 0.3 is 6.09 Å². The van der Waals surface area contributed by atoms with Crippen molar-refractivity contribution in [1.82, 2.24) is 15.2 Å². The Hall–Kier alpha value is -2.01. The number of aromatic amines is 1. The lowest BCUT2D eigenvalue weighted by molar-refractivity contribution is 0.0187. The number of fused-ring (bicyclic) bond motifs is 1. The molecule has 3 rings (SSSR count). The molecule has 2 heterocycles. The minimum absolute atomic E-state index is 0.207. The van der Waals surface area contributed by atoms with Crippen LogP contribution in [0.1, 0.15) is 39.2 Å². The van der Waals surface area contributed by atoms with E-state index in [0.29, 0.717) is 12.6 Å². The fourth-order valence-electron chi connectivity index (χ4n) is 3.17. The second-order valence-electron chi connectivity index (χ2n) is 7.51. The molecule has 1 fully saturated rings. The Morgan fingerprint density at radius 3 is 2.96 bits per heavy atom. The summed E-state index contributed by atoms with van der Waals surface area (Å²) in [6.07, 6.45) is 3.94. The van der Waals surface area contributed by atoms with E-state index in [1.54, 1.807) is 0 Å². The van der Waals surface area contributed by atoms with E-state index in [-0.39, 0.29) is 6.09 Å². The smallest absolute Gasteiger partial charge is 0.410 e. The predicted molar refractivity (Wildman–Crippen MR) is 96.0 cm³/mol. The molecule has 0 radical (unpaired) electrons. The van der Waals surface area contributed by atoms with Crippen LogP contribution in [0.2, 0.25) is 0 Å². The molecule has 2 aromatic rings. The Morgan fingerprint density at radius 2 is 2.17 bits per heavy atom. The van der Waals surface area contributed by atoms with Gasteiger partial charge in [0.25, 0.3) is 0 Å². The highest BCUT2D eigenvalue weighted by molar-refractivity contribution is 5.82. The van der Waals surface area contributed by atoms with Crippen molar-refractivity contribution in [2.45, 2.75) is 51.8 Å². The third-order valence-electron chi connectivity index (χ3n) is 4.33. The zero-order chi connectivity index (χ0) is 17.2. The number of carbonyl (C=O) groups is 1. The molecule has 1 aromatic carbocycles. The van der Waals surface area contributed by atoms with Crippen LogP contribution in [-0.4, -0.2) is 40.7 Å². The number of rotatable bonds is 3. The summed E-state index contributed by atoms with van der Waals surface area (Å²) in [4.78, 5) is 17.4. The molecule has 0 bridgehead atoms. The number of H-pyrrole nitrogens is 1. The first-order valence-electron chi connectivity index (χ1n) is 8.69. The van der Waals surface area contributed by atoms with E-state index < -0.39 is 5.60 Å². The van der Waals surface area contributed by atoms with Crippen molar-refractivity contribution >= 4 is 17.0 Å². The molecule has 0 aliphatic carbocycles. The molecular weight excluding hydrogens is 302 g/mol. The lowest BCUT2D eigenvalue weighted by Crippen LogP contribution is -2.49. The van der Waals surface area contributed by atoms with Crippen LogP contribution in [0.5, 0.6) is 0 Å². The molecule has 1 aliphatic rings. The largest absolute Gasteiger partial charge is 0.444 e. The summed E-state index contributed by atoms with van der Waals surface area (Å²) >= 11 is 0. The Kier molecular flexibility index (Phi) is 4.81. The maximum atomic E-state index is 12.2. The van der Waals surface area contributed by atoms with Crippen molar-refractivity contribution in [2.24, 2.45) is 0 Å². The second-order valence-corrected chi connectivity index (χ2v) is 7.51. The number of likely N-dealkylation sites (tertiary alicyclic amines) is 1. The number of benzene rings is 1. The maximum absolute atomic E-state index is 12.2.